The van der Waals surface area contributed by atoms with Crippen molar-refractivity contribution in [2.24, 2.45) is 5.92 Å². The third kappa shape index (κ3) is 3.76. The Hall–Kier alpha value is -3.11. The van der Waals surface area contributed by atoms with E-state index >= 15 is 0 Å². The van der Waals surface area contributed by atoms with E-state index in [4.69, 9.17) is 0 Å². The van der Waals surface area contributed by atoms with Crippen molar-refractivity contribution in [1.29, 1.82) is 5.26 Å². The number of fused-ring (bicyclic) bond motifs is 3. The predicted molar refractivity (Wildman–Crippen MR) is 113 cm³/mol. The van der Waals surface area contributed by atoms with Gasteiger partial charge < -0.3 is 20.7 Å². The van der Waals surface area contributed by atoms with Crippen molar-refractivity contribution < 1.29 is 9.90 Å². The average Bonchev–Trinajstić information content (AvgIpc) is 3.47. The molecule has 0 aliphatic heterocycles. The number of benzene rings is 1. The molecular weight excluding hydrogens is 366 g/mol. The first kappa shape index (κ1) is 19.2. The number of carbonyl (C=O) groups is 1. The Morgan fingerprint density at radius 2 is 2.21 bits per heavy atom. The number of nitriles is 1. The summed E-state index contributed by atoms with van der Waals surface area (Å²) in [6.45, 7) is 4.09. The predicted octanol–water partition coefficient (Wildman–Crippen LogP) is 3.30. The monoisotopic (exact) mass is 391 g/mol. The summed E-state index contributed by atoms with van der Waals surface area (Å²) in [5.41, 5.74) is 4.07. The van der Waals surface area contributed by atoms with Crippen molar-refractivity contribution in [2.75, 3.05) is 11.9 Å². The molecule has 4 N–H and O–H groups in total. The molecule has 150 valence electrons. The van der Waals surface area contributed by atoms with Crippen LogP contribution in [-0.2, 0) is 0 Å². The van der Waals surface area contributed by atoms with Crippen LogP contribution in [0.2, 0.25) is 0 Å². The van der Waals surface area contributed by atoms with Crippen LogP contribution in [-0.4, -0.2) is 39.7 Å². The van der Waals surface area contributed by atoms with Gasteiger partial charge in [-0.15, -0.1) is 0 Å². The van der Waals surface area contributed by atoms with Gasteiger partial charge in [-0.3, -0.25) is 9.78 Å². The Morgan fingerprint density at radius 3 is 2.86 bits per heavy atom. The minimum Gasteiger partial charge on any atom is -0.396 e. The zero-order valence-corrected chi connectivity index (χ0v) is 16.6. The van der Waals surface area contributed by atoms with Gasteiger partial charge in [0, 0.05) is 35.8 Å². The van der Waals surface area contributed by atoms with Crippen LogP contribution in [0.25, 0.3) is 21.9 Å². The Kier molecular flexibility index (Phi) is 5.12. The van der Waals surface area contributed by atoms with Crippen LogP contribution in [0, 0.1) is 17.2 Å². The average molecular weight is 391 g/mol. The molecule has 1 atom stereocenters. The fourth-order valence-corrected chi connectivity index (χ4v) is 3.82. The molecule has 4 rings (SSSR count). The number of aromatic nitrogens is 2. The van der Waals surface area contributed by atoms with Crippen molar-refractivity contribution in [2.45, 2.75) is 45.2 Å². The van der Waals surface area contributed by atoms with Crippen LogP contribution in [0.3, 0.4) is 0 Å². The third-order valence-electron chi connectivity index (χ3n) is 5.37. The quantitative estimate of drug-likeness (QED) is 0.493. The van der Waals surface area contributed by atoms with E-state index in [2.05, 4.69) is 26.7 Å². The molecule has 1 fully saturated rings. The molecule has 0 spiro atoms. The van der Waals surface area contributed by atoms with Gasteiger partial charge in [0.2, 0.25) is 0 Å². The molecule has 3 aromatic rings. The fraction of sp³-hybridized carbons (Fsp3) is 0.409. The first-order chi connectivity index (χ1) is 14.0. The molecule has 1 unspecified atom stereocenters. The summed E-state index contributed by atoms with van der Waals surface area (Å²) in [5.74, 6) is 0.256. The number of carbonyl (C=O) groups excluding carboxylic acids is 1. The van der Waals surface area contributed by atoms with Gasteiger partial charge in [0.15, 0.2) is 0 Å². The van der Waals surface area contributed by atoms with E-state index in [-0.39, 0.29) is 24.6 Å². The number of H-pyrrole nitrogens is 1. The second-order valence-electron chi connectivity index (χ2n) is 8.00. The number of aliphatic hydroxyl groups is 1. The summed E-state index contributed by atoms with van der Waals surface area (Å²) in [5, 5.41) is 25.9. The molecule has 0 saturated heterocycles. The van der Waals surface area contributed by atoms with E-state index in [1.807, 2.05) is 19.9 Å². The van der Waals surface area contributed by atoms with Gasteiger partial charge in [0.25, 0.3) is 5.91 Å². The standard InChI is InChI=1S/C22H25N5O2/c1-12(2)25-20-16(22(29)27-17(7-8-28)14-4-5-14)11-24-19-15-6-3-13(10-23)9-18(15)26-21(19)20/h3,6,9,11-12,14,17,26,28H,4-5,7-8H2,1-2H3,(H,24,25)(H,27,29). The Labute approximate surface area is 169 Å². The first-order valence-corrected chi connectivity index (χ1v) is 10.0. The molecule has 1 amide bonds. The number of hydrogen-bond donors (Lipinski definition) is 4. The maximum atomic E-state index is 13.1. The Bertz CT molecular complexity index is 1110. The number of nitrogens with zero attached hydrogens (tertiary/aromatic N) is 2. The lowest BCUT2D eigenvalue weighted by atomic mass is 10.1. The van der Waals surface area contributed by atoms with E-state index in [1.54, 1.807) is 18.3 Å². The highest BCUT2D eigenvalue weighted by Gasteiger charge is 2.32. The zero-order chi connectivity index (χ0) is 20.5. The maximum absolute atomic E-state index is 13.1. The van der Waals surface area contributed by atoms with Crippen LogP contribution in [0.1, 0.15) is 49.0 Å². The van der Waals surface area contributed by atoms with Crippen molar-refractivity contribution in [3.8, 4) is 6.07 Å². The molecule has 1 saturated carbocycles. The highest BCUT2D eigenvalue weighted by molar-refractivity contribution is 6.14. The molecule has 29 heavy (non-hydrogen) atoms. The van der Waals surface area contributed by atoms with Gasteiger partial charge in [-0.25, -0.2) is 0 Å². The van der Waals surface area contributed by atoms with Crippen molar-refractivity contribution in [3.63, 3.8) is 0 Å². The molecule has 7 heteroatoms. The van der Waals surface area contributed by atoms with E-state index < -0.39 is 0 Å². The highest BCUT2D eigenvalue weighted by Crippen LogP contribution is 2.35. The lowest BCUT2D eigenvalue weighted by Gasteiger charge is -2.20. The summed E-state index contributed by atoms with van der Waals surface area (Å²) < 4.78 is 0. The van der Waals surface area contributed by atoms with E-state index in [9.17, 15) is 15.2 Å². The maximum Gasteiger partial charge on any atom is 0.255 e. The van der Waals surface area contributed by atoms with Crippen LogP contribution in [0.4, 0.5) is 5.69 Å². The second kappa shape index (κ2) is 7.72. The molecule has 0 radical (unpaired) electrons. The van der Waals surface area contributed by atoms with Crippen molar-refractivity contribution in [1.82, 2.24) is 15.3 Å². The number of anilines is 1. The van der Waals surface area contributed by atoms with Gasteiger partial charge in [0.1, 0.15) is 0 Å². The van der Waals surface area contributed by atoms with Crippen LogP contribution in [0.15, 0.2) is 24.4 Å². The first-order valence-electron chi connectivity index (χ1n) is 10.0. The van der Waals surface area contributed by atoms with Crippen LogP contribution in [0.5, 0.6) is 0 Å². The lowest BCUT2D eigenvalue weighted by molar-refractivity contribution is 0.0925. The number of nitrogens with one attached hydrogen (secondary N) is 3. The van der Waals surface area contributed by atoms with E-state index in [0.717, 1.165) is 34.8 Å². The molecule has 7 nitrogen and oxygen atoms in total. The number of hydrogen-bond acceptors (Lipinski definition) is 5. The van der Waals surface area contributed by atoms with Gasteiger partial charge in [0.05, 0.1) is 33.9 Å². The molecule has 1 aromatic carbocycles. The second-order valence-corrected chi connectivity index (χ2v) is 8.00. The van der Waals surface area contributed by atoms with E-state index in [1.165, 1.54) is 0 Å². The molecule has 0 bridgehead atoms. The van der Waals surface area contributed by atoms with Gasteiger partial charge >= 0.3 is 0 Å². The number of pyridine rings is 1. The lowest BCUT2D eigenvalue weighted by Crippen LogP contribution is -2.37. The normalized spacial score (nSPS) is 14.9. The summed E-state index contributed by atoms with van der Waals surface area (Å²) in [4.78, 5) is 21.0. The smallest absolute Gasteiger partial charge is 0.255 e. The largest absolute Gasteiger partial charge is 0.396 e. The number of aromatic amines is 1. The number of amides is 1. The van der Waals surface area contributed by atoms with Crippen molar-refractivity contribution >= 4 is 33.5 Å². The van der Waals surface area contributed by atoms with E-state index in [0.29, 0.717) is 29.2 Å². The number of aliphatic hydroxyl groups excluding tert-OH is 1. The zero-order valence-electron chi connectivity index (χ0n) is 16.6. The molecular formula is C22H25N5O2. The number of rotatable bonds is 7. The fourth-order valence-electron chi connectivity index (χ4n) is 3.82. The van der Waals surface area contributed by atoms with Gasteiger partial charge in [-0.05, 0) is 57.2 Å². The molecule has 2 aromatic heterocycles. The van der Waals surface area contributed by atoms with Crippen LogP contribution < -0.4 is 10.6 Å². The Morgan fingerprint density at radius 1 is 1.41 bits per heavy atom. The summed E-state index contributed by atoms with van der Waals surface area (Å²) in [6, 6.07) is 7.68. The minimum atomic E-state index is -0.190. The third-order valence-corrected chi connectivity index (χ3v) is 5.37. The summed E-state index contributed by atoms with van der Waals surface area (Å²) in [6.07, 6.45) is 4.34. The highest BCUT2D eigenvalue weighted by atomic mass is 16.3. The topological polar surface area (TPSA) is 114 Å². The molecule has 1 aliphatic rings. The molecule has 1 aliphatic carbocycles. The SMILES string of the molecule is CC(C)Nc1c(C(=O)NC(CCO)C2CC2)cnc2c1[nH]c1cc(C#N)ccc12. The minimum absolute atomic E-state index is 0.0176. The summed E-state index contributed by atoms with van der Waals surface area (Å²) in [7, 11) is 0. The van der Waals surface area contributed by atoms with Gasteiger partial charge in [-0.2, -0.15) is 5.26 Å². The van der Waals surface area contributed by atoms with Gasteiger partial charge in [-0.1, -0.05) is 0 Å². The van der Waals surface area contributed by atoms with Crippen LogP contribution >= 0.6 is 0 Å². The summed E-state index contributed by atoms with van der Waals surface area (Å²) >= 11 is 0. The van der Waals surface area contributed by atoms with Crippen molar-refractivity contribution in [3.05, 3.63) is 35.5 Å². The Balaban J connectivity index is 1.79. The molecule has 2 heterocycles.